The van der Waals surface area contributed by atoms with Crippen LogP contribution in [0.15, 0.2) is 0 Å². The summed E-state index contributed by atoms with van der Waals surface area (Å²) in [5, 5.41) is 6.52. The third-order valence-corrected chi connectivity index (χ3v) is 3.97. The molecule has 1 fully saturated rings. The molecule has 3 atom stereocenters. The van der Waals surface area contributed by atoms with Gasteiger partial charge in [-0.05, 0) is 51.9 Å². The summed E-state index contributed by atoms with van der Waals surface area (Å²) in [5.41, 5.74) is 0.0923. The third-order valence-electron chi connectivity index (χ3n) is 3.97. The van der Waals surface area contributed by atoms with E-state index in [1.54, 1.807) is 0 Å². The Morgan fingerprint density at radius 3 is 2.39 bits per heavy atom. The Labute approximate surface area is 112 Å². The fourth-order valence-corrected chi connectivity index (χ4v) is 2.53. The van der Waals surface area contributed by atoms with Crippen LogP contribution in [-0.2, 0) is 4.79 Å². The Morgan fingerprint density at radius 2 is 1.83 bits per heavy atom. The lowest BCUT2D eigenvalue weighted by Gasteiger charge is -2.32. The first-order chi connectivity index (χ1) is 8.28. The standard InChI is InChI=1S/C15H30N2O/c1-11-6-7-13(10-12(11)2)17-14(18)8-9-16-15(3,4)5/h11-13,16H,6-10H2,1-5H3,(H,17,18). The second-order valence-corrected chi connectivity index (χ2v) is 6.96. The summed E-state index contributed by atoms with van der Waals surface area (Å²) in [5.74, 6) is 1.73. The second kappa shape index (κ2) is 6.55. The van der Waals surface area contributed by atoms with Crippen molar-refractivity contribution in [3.63, 3.8) is 0 Å². The van der Waals surface area contributed by atoms with Crippen molar-refractivity contribution in [1.29, 1.82) is 0 Å². The minimum absolute atomic E-state index is 0.0923. The molecule has 1 aliphatic carbocycles. The van der Waals surface area contributed by atoms with Crippen molar-refractivity contribution < 1.29 is 4.79 Å². The summed E-state index contributed by atoms with van der Waals surface area (Å²) < 4.78 is 0. The lowest BCUT2D eigenvalue weighted by atomic mass is 9.79. The normalized spacial score (nSPS) is 29.1. The van der Waals surface area contributed by atoms with Crippen molar-refractivity contribution >= 4 is 5.91 Å². The van der Waals surface area contributed by atoms with Crippen LogP contribution in [0.2, 0.25) is 0 Å². The maximum Gasteiger partial charge on any atom is 0.221 e. The maximum absolute atomic E-state index is 11.8. The fraction of sp³-hybridized carbons (Fsp3) is 0.933. The van der Waals surface area contributed by atoms with Crippen LogP contribution in [0.5, 0.6) is 0 Å². The monoisotopic (exact) mass is 254 g/mol. The van der Waals surface area contributed by atoms with Crippen molar-refractivity contribution in [3.8, 4) is 0 Å². The van der Waals surface area contributed by atoms with E-state index >= 15 is 0 Å². The van der Waals surface area contributed by atoms with E-state index in [1.807, 2.05) is 0 Å². The van der Waals surface area contributed by atoms with Gasteiger partial charge in [0, 0.05) is 24.5 Å². The summed E-state index contributed by atoms with van der Waals surface area (Å²) >= 11 is 0. The lowest BCUT2D eigenvalue weighted by molar-refractivity contribution is -0.122. The Balaban J connectivity index is 2.20. The average Bonchev–Trinajstić information content (AvgIpc) is 2.21. The van der Waals surface area contributed by atoms with Crippen LogP contribution in [0.4, 0.5) is 0 Å². The van der Waals surface area contributed by atoms with Gasteiger partial charge in [-0.25, -0.2) is 0 Å². The first-order valence-electron chi connectivity index (χ1n) is 7.32. The molecule has 1 rings (SSSR count). The van der Waals surface area contributed by atoms with Crippen molar-refractivity contribution in [1.82, 2.24) is 10.6 Å². The average molecular weight is 254 g/mol. The first kappa shape index (κ1) is 15.5. The number of carbonyl (C=O) groups excluding carboxylic acids is 1. The molecule has 0 radical (unpaired) electrons. The highest BCUT2D eigenvalue weighted by atomic mass is 16.1. The number of nitrogens with one attached hydrogen (secondary N) is 2. The summed E-state index contributed by atoms with van der Waals surface area (Å²) in [7, 11) is 0. The Hall–Kier alpha value is -0.570. The molecule has 0 aromatic rings. The fourth-order valence-electron chi connectivity index (χ4n) is 2.53. The second-order valence-electron chi connectivity index (χ2n) is 6.96. The largest absolute Gasteiger partial charge is 0.353 e. The molecule has 18 heavy (non-hydrogen) atoms. The van der Waals surface area contributed by atoms with Gasteiger partial charge < -0.3 is 10.6 Å². The van der Waals surface area contributed by atoms with Crippen LogP contribution in [0.25, 0.3) is 0 Å². The van der Waals surface area contributed by atoms with Crippen molar-refractivity contribution in [3.05, 3.63) is 0 Å². The van der Waals surface area contributed by atoms with Gasteiger partial charge in [-0.1, -0.05) is 13.8 Å². The maximum atomic E-state index is 11.8. The molecule has 0 spiro atoms. The number of amides is 1. The molecule has 0 heterocycles. The molecule has 0 aromatic carbocycles. The van der Waals surface area contributed by atoms with Crippen LogP contribution >= 0.6 is 0 Å². The van der Waals surface area contributed by atoms with E-state index in [0.29, 0.717) is 12.5 Å². The van der Waals surface area contributed by atoms with E-state index in [-0.39, 0.29) is 11.4 Å². The van der Waals surface area contributed by atoms with E-state index in [2.05, 4.69) is 45.3 Å². The van der Waals surface area contributed by atoms with Crippen molar-refractivity contribution in [2.24, 2.45) is 11.8 Å². The highest BCUT2D eigenvalue weighted by molar-refractivity contribution is 5.76. The van der Waals surface area contributed by atoms with E-state index in [4.69, 9.17) is 0 Å². The Kier molecular flexibility index (Phi) is 5.64. The van der Waals surface area contributed by atoms with Crippen LogP contribution in [-0.4, -0.2) is 24.0 Å². The van der Waals surface area contributed by atoms with Crippen LogP contribution in [0, 0.1) is 11.8 Å². The van der Waals surface area contributed by atoms with E-state index < -0.39 is 0 Å². The molecule has 0 aliphatic heterocycles. The van der Waals surface area contributed by atoms with Crippen LogP contribution in [0.3, 0.4) is 0 Å². The lowest BCUT2D eigenvalue weighted by Crippen LogP contribution is -2.42. The zero-order valence-electron chi connectivity index (χ0n) is 12.7. The summed E-state index contributed by atoms with van der Waals surface area (Å²) in [6.07, 6.45) is 4.10. The van der Waals surface area contributed by atoms with Crippen molar-refractivity contribution in [2.45, 2.75) is 71.9 Å². The van der Waals surface area contributed by atoms with Crippen molar-refractivity contribution in [2.75, 3.05) is 6.54 Å². The van der Waals surface area contributed by atoms with E-state index in [9.17, 15) is 4.79 Å². The molecule has 106 valence electrons. The van der Waals surface area contributed by atoms with Gasteiger partial charge >= 0.3 is 0 Å². The van der Waals surface area contributed by atoms with Crippen LogP contribution in [0.1, 0.15) is 60.3 Å². The van der Waals surface area contributed by atoms with Gasteiger partial charge in [-0.15, -0.1) is 0 Å². The predicted molar refractivity (Wildman–Crippen MR) is 76.5 cm³/mol. The van der Waals surface area contributed by atoms with Gasteiger partial charge in [0.2, 0.25) is 5.91 Å². The van der Waals surface area contributed by atoms with Gasteiger partial charge in [-0.3, -0.25) is 4.79 Å². The number of hydrogen-bond donors (Lipinski definition) is 2. The van der Waals surface area contributed by atoms with E-state index in [0.717, 1.165) is 31.2 Å². The highest BCUT2D eigenvalue weighted by Crippen LogP contribution is 2.29. The summed E-state index contributed by atoms with van der Waals surface area (Å²) in [4.78, 5) is 11.8. The quantitative estimate of drug-likeness (QED) is 0.810. The molecule has 1 aliphatic rings. The molecule has 1 saturated carbocycles. The summed E-state index contributed by atoms with van der Waals surface area (Å²) in [6.45, 7) is 11.7. The number of hydrogen-bond acceptors (Lipinski definition) is 2. The minimum Gasteiger partial charge on any atom is -0.353 e. The topological polar surface area (TPSA) is 41.1 Å². The molecule has 0 aromatic heterocycles. The smallest absolute Gasteiger partial charge is 0.221 e. The third kappa shape index (κ3) is 5.85. The number of carbonyl (C=O) groups is 1. The van der Waals surface area contributed by atoms with Crippen LogP contribution < -0.4 is 10.6 Å². The SMILES string of the molecule is CC1CCC(NC(=O)CCNC(C)(C)C)CC1C. The summed E-state index contributed by atoms with van der Waals surface area (Å²) in [6, 6.07) is 0.401. The molecule has 2 N–H and O–H groups in total. The van der Waals surface area contributed by atoms with Gasteiger partial charge in [0.1, 0.15) is 0 Å². The highest BCUT2D eigenvalue weighted by Gasteiger charge is 2.25. The Bertz CT molecular complexity index is 270. The van der Waals surface area contributed by atoms with Gasteiger partial charge in [0.15, 0.2) is 0 Å². The molecular weight excluding hydrogens is 224 g/mol. The molecular formula is C15H30N2O. The molecule has 0 saturated heterocycles. The van der Waals surface area contributed by atoms with Gasteiger partial charge in [0.25, 0.3) is 0 Å². The minimum atomic E-state index is 0.0923. The molecule has 0 bridgehead atoms. The van der Waals surface area contributed by atoms with Gasteiger partial charge in [0.05, 0.1) is 0 Å². The first-order valence-corrected chi connectivity index (χ1v) is 7.32. The predicted octanol–water partition coefficient (Wildman–Crippen LogP) is 2.71. The molecule has 3 nitrogen and oxygen atoms in total. The zero-order valence-corrected chi connectivity index (χ0v) is 12.7. The van der Waals surface area contributed by atoms with E-state index in [1.165, 1.54) is 6.42 Å². The number of rotatable bonds is 4. The molecule has 1 amide bonds. The zero-order chi connectivity index (χ0) is 13.8. The Morgan fingerprint density at radius 1 is 1.17 bits per heavy atom. The van der Waals surface area contributed by atoms with Gasteiger partial charge in [-0.2, -0.15) is 0 Å². The molecule has 3 unspecified atom stereocenters. The molecule has 3 heteroatoms.